The van der Waals surface area contributed by atoms with Gasteiger partial charge in [-0.2, -0.15) is 0 Å². The van der Waals surface area contributed by atoms with Crippen LogP contribution < -0.4 is 0 Å². The molecule has 0 radical (unpaired) electrons. The summed E-state index contributed by atoms with van der Waals surface area (Å²) < 4.78 is 22.5. The summed E-state index contributed by atoms with van der Waals surface area (Å²) in [6.07, 6.45) is 4.05. The third kappa shape index (κ3) is 8.63. The van der Waals surface area contributed by atoms with Crippen LogP contribution in [-0.2, 0) is 21.6 Å². The Morgan fingerprint density at radius 2 is 1.21 bits per heavy atom. The van der Waals surface area contributed by atoms with Gasteiger partial charge in [0.25, 0.3) is 0 Å². The van der Waals surface area contributed by atoms with E-state index >= 15 is 0 Å². The average molecular weight is 236 g/mol. The van der Waals surface area contributed by atoms with Gasteiger partial charge in [0.2, 0.25) is 0 Å². The van der Waals surface area contributed by atoms with E-state index in [1.165, 1.54) is 0 Å². The van der Waals surface area contributed by atoms with E-state index in [9.17, 15) is 8.42 Å². The van der Waals surface area contributed by atoms with Crippen LogP contribution in [0.25, 0.3) is 0 Å². The summed E-state index contributed by atoms with van der Waals surface area (Å²) in [6, 6.07) is 0. The molecule has 0 rings (SSSR count). The predicted molar refractivity (Wildman–Crippen MR) is 65.0 cm³/mol. The quantitative estimate of drug-likeness (QED) is 0.649. The van der Waals surface area contributed by atoms with E-state index in [2.05, 4.69) is 13.8 Å². The lowest BCUT2D eigenvalue weighted by atomic mass is 10.4. The van der Waals surface area contributed by atoms with Gasteiger partial charge in [0.15, 0.2) is 0 Å². The van der Waals surface area contributed by atoms with Crippen molar-refractivity contribution in [3.8, 4) is 0 Å². The Morgan fingerprint density at radius 3 is 1.50 bits per heavy atom. The van der Waals surface area contributed by atoms with Gasteiger partial charge in [0.05, 0.1) is 0 Å². The van der Waals surface area contributed by atoms with Crippen LogP contribution in [0.15, 0.2) is 10.8 Å². The van der Waals surface area contributed by atoms with Crippen LogP contribution in [0.4, 0.5) is 0 Å². The molecule has 14 heavy (non-hydrogen) atoms. The second kappa shape index (κ2) is 9.59. The molecule has 0 saturated heterocycles. The summed E-state index contributed by atoms with van der Waals surface area (Å²) in [6.45, 7) is 4.14. The Labute approximate surface area is 92.1 Å². The van der Waals surface area contributed by atoms with Crippen molar-refractivity contribution in [2.45, 2.75) is 39.5 Å². The molecule has 0 aromatic carbocycles. The molecule has 0 aliphatic rings. The highest BCUT2D eigenvalue weighted by Crippen LogP contribution is 1.97. The van der Waals surface area contributed by atoms with Crippen molar-refractivity contribution in [1.82, 2.24) is 0 Å². The molecule has 0 saturated carbocycles. The van der Waals surface area contributed by atoms with E-state index in [1.807, 2.05) is 0 Å². The summed E-state index contributed by atoms with van der Waals surface area (Å²) in [7, 11) is -1.84. The maximum atomic E-state index is 11.3. The molecular weight excluding hydrogens is 216 g/mol. The first kappa shape index (κ1) is 14.0. The molecule has 0 aromatic rings. The van der Waals surface area contributed by atoms with Crippen molar-refractivity contribution in [2.75, 3.05) is 11.5 Å². The number of hydrogen-bond acceptors (Lipinski definition) is 2. The first-order chi connectivity index (χ1) is 6.70. The van der Waals surface area contributed by atoms with Gasteiger partial charge >= 0.3 is 0 Å². The molecule has 0 bridgehead atoms. The minimum atomic E-state index is -0.920. The van der Waals surface area contributed by atoms with E-state index in [1.54, 1.807) is 10.8 Å². The molecule has 4 heteroatoms. The smallest absolute Gasteiger partial charge is 0.0462 e. The Bertz CT molecular complexity index is 190. The van der Waals surface area contributed by atoms with Crippen molar-refractivity contribution in [1.29, 1.82) is 0 Å². The normalized spacial score (nSPS) is 15.9. The maximum Gasteiger partial charge on any atom is 0.0462 e. The molecule has 2 nitrogen and oxygen atoms in total. The molecule has 0 spiro atoms. The highest BCUT2D eigenvalue weighted by molar-refractivity contribution is 7.91. The largest absolute Gasteiger partial charge is 0.255 e. The molecule has 0 aliphatic carbocycles. The minimum Gasteiger partial charge on any atom is -0.255 e. The Hall–Kier alpha value is 0.0400. The minimum absolute atomic E-state index is 0.692. The van der Waals surface area contributed by atoms with Gasteiger partial charge in [-0.05, 0) is 12.8 Å². The molecule has 0 unspecified atom stereocenters. The lowest BCUT2D eigenvalue weighted by Crippen LogP contribution is -1.95. The fourth-order valence-electron chi connectivity index (χ4n) is 0.833. The van der Waals surface area contributed by atoms with Crippen molar-refractivity contribution < 1.29 is 8.42 Å². The molecule has 84 valence electrons. The Balaban J connectivity index is 3.68. The van der Waals surface area contributed by atoms with Crippen molar-refractivity contribution in [2.24, 2.45) is 0 Å². The molecule has 0 aliphatic heterocycles. The SMILES string of the molecule is CCCC[S@](=O)/C=C\[S@@](=O)CCCC. The number of unbranched alkanes of at least 4 members (excludes halogenated alkanes) is 2. The second-order valence-corrected chi connectivity index (χ2v) is 6.03. The average Bonchev–Trinajstić information content (AvgIpc) is 2.20. The van der Waals surface area contributed by atoms with Gasteiger partial charge in [-0.15, -0.1) is 0 Å². The first-order valence-electron chi connectivity index (χ1n) is 5.13. The number of rotatable bonds is 8. The van der Waals surface area contributed by atoms with Crippen LogP contribution in [0.1, 0.15) is 39.5 Å². The van der Waals surface area contributed by atoms with Gasteiger partial charge in [0.1, 0.15) is 0 Å². The van der Waals surface area contributed by atoms with Crippen molar-refractivity contribution >= 4 is 21.6 Å². The zero-order valence-corrected chi connectivity index (χ0v) is 10.7. The van der Waals surface area contributed by atoms with Gasteiger partial charge in [-0.25, -0.2) is 0 Å². The van der Waals surface area contributed by atoms with Crippen LogP contribution in [0.2, 0.25) is 0 Å². The zero-order chi connectivity index (χ0) is 10.8. The highest BCUT2D eigenvalue weighted by atomic mass is 32.2. The van der Waals surface area contributed by atoms with Gasteiger partial charge in [-0.3, -0.25) is 8.42 Å². The highest BCUT2D eigenvalue weighted by Gasteiger charge is 1.96. The summed E-state index contributed by atoms with van der Waals surface area (Å²) >= 11 is 0. The van der Waals surface area contributed by atoms with E-state index in [-0.39, 0.29) is 0 Å². The summed E-state index contributed by atoms with van der Waals surface area (Å²) in [5.74, 6) is 1.38. The number of hydrogen-bond donors (Lipinski definition) is 0. The Morgan fingerprint density at radius 1 is 0.857 bits per heavy atom. The maximum absolute atomic E-state index is 11.3. The second-order valence-electron chi connectivity index (χ2n) is 3.15. The zero-order valence-electron chi connectivity index (χ0n) is 9.03. The Kier molecular flexibility index (Phi) is 9.62. The fourth-order valence-corrected chi connectivity index (χ4v) is 3.24. The third-order valence-electron chi connectivity index (χ3n) is 1.76. The molecule has 0 aromatic heterocycles. The molecule has 0 heterocycles. The van der Waals surface area contributed by atoms with Crippen molar-refractivity contribution in [3.63, 3.8) is 0 Å². The van der Waals surface area contributed by atoms with Crippen LogP contribution >= 0.6 is 0 Å². The van der Waals surface area contributed by atoms with E-state index in [0.29, 0.717) is 11.5 Å². The van der Waals surface area contributed by atoms with Crippen LogP contribution in [0, 0.1) is 0 Å². The summed E-state index contributed by atoms with van der Waals surface area (Å²) in [5, 5.41) is 3.17. The van der Waals surface area contributed by atoms with Crippen LogP contribution in [0.5, 0.6) is 0 Å². The molecule has 2 atom stereocenters. The standard InChI is InChI=1S/C10H20O2S2/c1-3-5-7-13(11)9-10-14(12)8-6-4-2/h9-10H,3-8H2,1-2H3/b10-9-/t13-,14-/m0/s1. The van der Waals surface area contributed by atoms with E-state index in [4.69, 9.17) is 0 Å². The third-order valence-corrected chi connectivity index (χ3v) is 4.19. The first-order valence-corrected chi connectivity index (χ1v) is 7.89. The summed E-state index contributed by atoms with van der Waals surface area (Å²) in [5.41, 5.74) is 0. The molecule has 0 amide bonds. The van der Waals surface area contributed by atoms with Gasteiger partial charge < -0.3 is 0 Å². The monoisotopic (exact) mass is 236 g/mol. The van der Waals surface area contributed by atoms with Crippen molar-refractivity contribution in [3.05, 3.63) is 10.8 Å². The predicted octanol–water partition coefficient (Wildman–Crippen LogP) is 2.56. The molecule has 0 N–H and O–H groups in total. The summed E-state index contributed by atoms with van der Waals surface area (Å²) in [4.78, 5) is 0. The van der Waals surface area contributed by atoms with Crippen LogP contribution in [-0.4, -0.2) is 19.9 Å². The lowest BCUT2D eigenvalue weighted by Gasteiger charge is -1.94. The van der Waals surface area contributed by atoms with E-state index in [0.717, 1.165) is 25.7 Å². The topological polar surface area (TPSA) is 34.1 Å². The fraction of sp³-hybridized carbons (Fsp3) is 0.800. The van der Waals surface area contributed by atoms with E-state index < -0.39 is 21.6 Å². The lowest BCUT2D eigenvalue weighted by molar-refractivity contribution is 0.682. The van der Waals surface area contributed by atoms with Crippen LogP contribution in [0.3, 0.4) is 0 Å². The molecular formula is C10H20O2S2. The van der Waals surface area contributed by atoms with Gasteiger partial charge in [-0.1, -0.05) is 26.7 Å². The molecule has 0 fully saturated rings. The van der Waals surface area contributed by atoms with Gasteiger partial charge in [0, 0.05) is 43.9 Å².